The maximum atomic E-state index is 12.3. The van der Waals surface area contributed by atoms with Gasteiger partial charge in [-0.05, 0) is 18.4 Å². The maximum Gasteiger partial charge on any atom is 0.312 e. The van der Waals surface area contributed by atoms with E-state index in [2.05, 4.69) is 12.1 Å². The van der Waals surface area contributed by atoms with Crippen LogP contribution in [0.5, 0.6) is 0 Å². The summed E-state index contributed by atoms with van der Waals surface area (Å²) in [6.45, 7) is 0. The van der Waals surface area contributed by atoms with Crippen molar-refractivity contribution in [2.75, 3.05) is 14.2 Å². The van der Waals surface area contributed by atoms with Crippen LogP contribution in [-0.2, 0) is 19.7 Å². The molecule has 108 valence electrons. The minimum atomic E-state index is -0.363. The van der Waals surface area contributed by atoms with Crippen LogP contribution >= 0.6 is 0 Å². The van der Waals surface area contributed by atoms with Crippen LogP contribution < -0.4 is 0 Å². The van der Waals surface area contributed by atoms with E-state index in [1.54, 1.807) is 7.11 Å². The standard InChI is InChI=1S/C17H22O3/c1-19-15(18)14-16(13-9-5-3-6-10-13)11-7-4-8-12-17(14,16)20-2/h3,5-6,9-10,14H,4,7-8,11-12H2,1-2H3/t14?,16-,17+/m0/s1. The number of esters is 1. The van der Waals surface area contributed by atoms with E-state index in [1.165, 1.54) is 19.1 Å². The molecule has 0 amide bonds. The predicted molar refractivity (Wildman–Crippen MR) is 76.5 cm³/mol. The molecule has 0 N–H and O–H groups in total. The number of carbonyl (C=O) groups is 1. The lowest BCUT2D eigenvalue weighted by Gasteiger charge is -2.22. The molecule has 3 heteroatoms. The highest BCUT2D eigenvalue weighted by Crippen LogP contribution is 2.70. The van der Waals surface area contributed by atoms with Crippen molar-refractivity contribution in [1.82, 2.24) is 0 Å². The molecule has 1 unspecified atom stereocenters. The molecule has 1 aromatic carbocycles. The Morgan fingerprint density at radius 2 is 1.80 bits per heavy atom. The molecule has 0 spiro atoms. The second-order valence-electron chi connectivity index (χ2n) is 5.95. The van der Waals surface area contributed by atoms with E-state index >= 15 is 0 Å². The van der Waals surface area contributed by atoms with Gasteiger partial charge in [0, 0.05) is 12.5 Å². The summed E-state index contributed by atoms with van der Waals surface area (Å²) >= 11 is 0. The number of methoxy groups -OCH3 is 2. The van der Waals surface area contributed by atoms with Crippen LogP contribution in [0.1, 0.15) is 37.7 Å². The third kappa shape index (κ3) is 1.59. The fourth-order valence-electron chi connectivity index (χ4n) is 4.47. The molecule has 2 aliphatic rings. The first kappa shape index (κ1) is 13.6. The first-order chi connectivity index (χ1) is 9.73. The fraction of sp³-hybridized carbons (Fsp3) is 0.588. The summed E-state index contributed by atoms with van der Waals surface area (Å²) in [4.78, 5) is 12.3. The van der Waals surface area contributed by atoms with Crippen LogP contribution in [0.2, 0.25) is 0 Å². The summed E-state index contributed by atoms with van der Waals surface area (Å²) in [5, 5.41) is 0. The topological polar surface area (TPSA) is 35.5 Å². The van der Waals surface area contributed by atoms with Gasteiger partial charge in [0.15, 0.2) is 0 Å². The Bertz CT molecular complexity index is 498. The number of rotatable bonds is 3. The van der Waals surface area contributed by atoms with Crippen molar-refractivity contribution < 1.29 is 14.3 Å². The fourth-order valence-corrected chi connectivity index (χ4v) is 4.47. The smallest absolute Gasteiger partial charge is 0.312 e. The number of ether oxygens (including phenoxy) is 2. The number of carbonyl (C=O) groups excluding carboxylic acids is 1. The second kappa shape index (κ2) is 4.88. The van der Waals surface area contributed by atoms with Crippen molar-refractivity contribution in [3.8, 4) is 0 Å². The zero-order valence-electron chi connectivity index (χ0n) is 12.2. The Morgan fingerprint density at radius 1 is 1.10 bits per heavy atom. The van der Waals surface area contributed by atoms with Crippen LogP contribution in [0.15, 0.2) is 30.3 Å². The van der Waals surface area contributed by atoms with Gasteiger partial charge in [-0.25, -0.2) is 0 Å². The minimum Gasteiger partial charge on any atom is -0.469 e. The Kier molecular flexibility index (Phi) is 3.33. The van der Waals surface area contributed by atoms with E-state index in [1.807, 2.05) is 18.2 Å². The molecule has 0 bridgehead atoms. The summed E-state index contributed by atoms with van der Waals surface area (Å²) in [6.07, 6.45) is 5.43. The van der Waals surface area contributed by atoms with Gasteiger partial charge in [0.1, 0.15) is 0 Å². The third-order valence-corrected chi connectivity index (χ3v) is 5.34. The number of hydrogen-bond acceptors (Lipinski definition) is 3. The molecule has 2 aliphatic carbocycles. The van der Waals surface area contributed by atoms with Gasteiger partial charge in [-0.2, -0.15) is 0 Å². The molecule has 3 atom stereocenters. The lowest BCUT2D eigenvalue weighted by Crippen LogP contribution is -2.25. The van der Waals surface area contributed by atoms with Crippen LogP contribution in [0, 0.1) is 5.92 Å². The molecular formula is C17H22O3. The van der Waals surface area contributed by atoms with Crippen molar-refractivity contribution in [2.45, 2.75) is 43.1 Å². The number of hydrogen-bond donors (Lipinski definition) is 0. The number of fused-ring (bicyclic) bond motifs is 1. The zero-order valence-corrected chi connectivity index (χ0v) is 12.2. The van der Waals surface area contributed by atoms with Gasteiger partial charge in [0.2, 0.25) is 0 Å². The van der Waals surface area contributed by atoms with Crippen LogP contribution in [0.25, 0.3) is 0 Å². The Morgan fingerprint density at radius 3 is 2.45 bits per heavy atom. The summed E-state index contributed by atoms with van der Waals surface area (Å²) < 4.78 is 11.0. The Balaban J connectivity index is 2.09. The molecule has 0 heterocycles. The zero-order chi connectivity index (χ0) is 14.2. The average molecular weight is 274 g/mol. The average Bonchev–Trinajstić information content (AvgIpc) is 3.13. The van der Waals surface area contributed by atoms with E-state index in [4.69, 9.17) is 9.47 Å². The van der Waals surface area contributed by atoms with Gasteiger partial charge in [-0.15, -0.1) is 0 Å². The molecule has 0 saturated heterocycles. The second-order valence-corrected chi connectivity index (χ2v) is 5.95. The Hall–Kier alpha value is -1.35. The van der Waals surface area contributed by atoms with Crippen molar-refractivity contribution in [1.29, 1.82) is 0 Å². The van der Waals surface area contributed by atoms with E-state index in [0.717, 1.165) is 25.7 Å². The summed E-state index contributed by atoms with van der Waals surface area (Å²) in [6, 6.07) is 10.4. The SMILES string of the molecule is COC(=O)C1[C@@]2(c3ccccc3)CCCCC[C@@]12OC. The quantitative estimate of drug-likeness (QED) is 0.795. The van der Waals surface area contributed by atoms with Crippen molar-refractivity contribution in [3.05, 3.63) is 35.9 Å². The highest BCUT2D eigenvalue weighted by Gasteiger charge is 2.80. The normalized spacial score (nSPS) is 35.8. The predicted octanol–water partition coefficient (Wildman–Crippen LogP) is 3.08. The van der Waals surface area contributed by atoms with Gasteiger partial charge >= 0.3 is 5.97 Å². The molecule has 3 rings (SSSR count). The van der Waals surface area contributed by atoms with Crippen LogP contribution in [0.4, 0.5) is 0 Å². The van der Waals surface area contributed by atoms with Gasteiger partial charge in [0.05, 0.1) is 18.6 Å². The summed E-state index contributed by atoms with van der Waals surface area (Å²) in [5.41, 5.74) is 0.670. The van der Waals surface area contributed by atoms with E-state index in [9.17, 15) is 4.79 Å². The lowest BCUT2D eigenvalue weighted by molar-refractivity contribution is -0.144. The summed E-state index contributed by atoms with van der Waals surface area (Å²) in [7, 11) is 3.22. The molecule has 0 aromatic heterocycles. The highest BCUT2D eigenvalue weighted by molar-refractivity contribution is 5.83. The number of benzene rings is 1. The largest absolute Gasteiger partial charge is 0.469 e. The van der Waals surface area contributed by atoms with Gasteiger partial charge in [0.25, 0.3) is 0 Å². The third-order valence-electron chi connectivity index (χ3n) is 5.34. The molecule has 2 fully saturated rings. The lowest BCUT2D eigenvalue weighted by atomic mass is 9.86. The Labute approximate surface area is 120 Å². The van der Waals surface area contributed by atoms with Crippen molar-refractivity contribution in [3.63, 3.8) is 0 Å². The molecule has 3 nitrogen and oxygen atoms in total. The van der Waals surface area contributed by atoms with E-state index in [-0.39, 0.29) is 22.9 Å². The van der Waals surface area contributed by atoms with Gasteiger partial charge < -0.3 is 9.47 Å². The first-order valence-electron chi connectivity index (χ1n) is 7.41. The molecule has 20 heavy (non-hydrogen) atoms. The van der Waals surface area contributed by atoms with Gasteiger partial charge in [-0.1, -0.05) is 49.6 Å². The molecule has 0 radical (unpaired) electrons. The van der Waals surface area contributed by atoms with Crippen LogP contribution in [0.3, 0.4) is 0 Å². The van der Waals surface area contributed by atoms with E-state index < -0.39 is 0 Å². The van der Waals surface area contributed by atoms with Gasteiger partial charge in [-0.3, -0.25) is 4.79 Å². The van der Waals surface area contributed by atoms with Crippen molar-refractivity contribution in [2.24, 2.45) is 5.92 Å². The molecule has 1 aromatic rings. The molecule has 2 saturated carbocycles. The van der Waals surface area contributed by atoms with Crippen LogP contribution in [-0.4, -0.2) is 25.8 Å². The summed E-state index contributed by atoms with van der Waals surface area (Å²) in [5.74, 6) is -0.287. The first-order valence-corrected chi connectivity index (χ1v) is 7.41. The monoisotopic (exact) mass is 274 g/mol. The molecule has 0 aliphatic heterocycles. The highest BCUT2D eigenvalue weighted by atomic mass is 16.5. The molecular weight excluding hydrogens is 252 g/mol. The van der Waals surface area contributed by atoms with E-state index in [0.29, 0.717) is 0 Å². The van der Waals surface area contributed by atoms with Crippen molar-refractivity contribution >= 4 is 5.97 Å². The maximum absolute atomic E-state index is 12.3. The minimum absolute atomic E-state index is 0.127.